The van der Waals surface area contributed by atoms with Gasteiger partial charge < -0.3 is 5.11 Å². The summed E-state index contributed by atoms with van der Waals surface area (Å²) in [5.41, 5.74) is 0.498. The summed E-state index contributed by atoms with van der Waals surface area (Å²) in [6.07, 6.45) is 10.4. The van der Waals surface area contributed by atoms with Crippen molar-refractivity contribution < 1.29 is 5.11 Å². The van der Waals surface area contributed by atoms with E-state index in [1.54, 1.807) is 11.3 Å². The quantitative estimate of drug-likeness (QED) is 0.804. The first kappa shape index (κ1) is 13.8. The summed E-state index contributed by atoms with van der Waals surface area (Å²) < 4.78 is 1.17. The average Bonchev–Trinajstić information content (AvgIpc) is 2.72. The lowest BCUT2D eigenvalue weighted by atomic mass is 9.48. The Balaban J connectivity index is 1.44. The second-order valence-corrected chi connectivity index (χ2v) is 9.53. The largest absolute Gasteiger partial charge is 0.393 e. The van der Waals surface area contributed by atoms with Crippen molar-refractivity contribution in [2.75, 3.05) is 0 Å². The second-order valence-electron chi connectivity index (χ2n) is 7.67. The fraction of sp³-hybridized carbons (Fsp3) is 0.765. The highest BCUT2D eigenvalue weighted by atomic mass is 79.9. The molecule has 0 aliphatic heterocycles. The molecule has 0 saturated heterocycles. The molecular weight excluding hydrogens is 332 g/mol. The standard InChI is InChI=1S/C17H23BrOS/c18-15-1-2-20-16(15)6-14(19)10-17-7-11-3-12(8-17)5-13(4-11)9-17/h1-2,11-14,19H,3-10H2. The summed E-state index contributed by atoms with van der Waals surface area (Å²) in [7, 11) is 0. The third-order valence-electron chi connectivity index (χ3n) is 5.95. The molecule has 1 aromatic heterocycles. The van der Waals surface area contributed by atoms with Crippen LogP contribution in [0.25, 0.3) is 0 Å². The van der Waals surface area contributed by atoms with Gasteiger partial charge in [0.15, 0.2) is 0 Å². The van der Waals surface area contributed by atoms with E-state index < -0.39 is 0 Å². The van der Waals surface area contributed by atoms with Crippen LogP contribution in [0.1, 0.15) is 49.8 Å². The Bertz CT molecular complexity index is 460. The lowest BCUT2D eigenvalue weighted by molar-refractivity contribution is -0.0755. The number of aliphatic hydroxyl groups excluding tert-OH is 1. The maximum atomic E-state index is 10.6. The van der Waals surface area contributed by atoms with E-state index in [1.165, 1.54) is 47.9 Å². The minimum Gasteiger partial charge on any atom is -0.393 e. The first-order chi connectivity index (χ1) is 9.62. The first-order valence-electron chi connectivity index (χ1n) is 8.02. The molecule has 4 aliphatic rings. The molecule has 1 N–H and O–H groups in total. The molecular formula is C17H23BrOS. The summed E-state index contributed by atoms with van der Waals surface area (Å²) in [4.78, 5) is 1.31. The zero-order valence-corrected chi connectivity index (χ0v) is 14.3. The maximum absolute atomic E-state index is 10.6. The molecule has 4 aliphatic carbocycles. The van der Waals surface area contributed by atoms with Crippen LogP contribution < -0.4 is 0 Å². The van der Waals surface area contributed by atoms with Crippen LogP contribution in [-0.2, 0) is 6.42 Å². The molecule has 110 valence electrons. The monoisotopic (exact) mass is 354 g/mol. The van der Waals surface area contributed by atoms with Crippen LogP contribution in [0.15, 0.2) is 15.9 Å². The van der Waals surface area contributed by atoms with E-state index in [1.807, 2.05) is 0 Å². The molecule has 1 unspecified atom stereocenters. The van der Waals surface area contributed by atoms with Crippen molar-refractivity contribution in [3.05, 3.63) is 20.8 Å². The Morgan fingerprint density at radius 3 is 2.30 bits per heavy atom. The molecule has 4 bridgehead atoms. The minimum absolute atomic E-state index is 0.152. The van der Waals surface area contributed by atoms with E-state index in [-0.39, 0.29) is 6.10 Å². The summed E-state index contributed by atoms with van der Waals surface area (Å²) in [5, 5.41) is 12.7. The van der Waals surface area contributed by atoms with Gasteiger partial charge in [0.2, 0.25) is 0 Å². The van der Waals surface area contributed by atoms with Crippen molar-refractivity contribution >= 4 is 27.3 Å². The topological polar surface area (TPSA) is 20.2 Å². The molecule has 3 heteroatoms. The molecule has 4 saturated carbocycles. The van der Waals surface area contributed by atoms with Gasteiger partial charge in [-0.15, -0.1) is 11.3 Å². The zero-order chi connectivity index (χ0) is 13.7. The number of aliphatic hydroxyl groups is 1. The van der Waals surface area contributed by atoms with Gasteiger partial charge in [0.25, 0.3) is 0 Å². The number of hydrogen-bond acceptors (Lipinski definition) is 2. The molecule has 0 radical (unpaired) electrons. The van der Waals surface area contributed by atoms with Gasteiger partial charge in [-0.2, -0.15) is 0 Å². The molecule has 1 atom stereocenters. The highest BCUT2D eigenvalue weighted by Gasteiger charge is 2.51. The third-order valence-corrected chi connectivity index (χ3v) is 7.89. The Morgan fingerprint density at radius 2 is 1.80 bits per heavy atom. The second kappa shape index (κ2) is 5.10. The number of halogens is 1. The van der Waals surface area contributed by atoms with Gasteiger partial charge in [-0.25, -0.2) is 0 Å². The van der Waals surface area contributed by atoms with E-state index in [9.17, 15) is 5.11 Å². The van der Waals surface area contributed by atoms with Gasteiger partial charge in [0, 0.05) is 15.8 Å². The number of thiophene rings is 1. The number of hydrogen-bond donors (Lipinski definition) is 1. The summed E-state index contributed by atoms with van der Waals surface area (Å²) in [5.74, 6) is 2.96. The summed E-state index contributed by atoms with van der Waals surface area (Å²) in [6.45, 7) is 0. The molecule has 5 rings (SSSR count). The van der Waals surface area contributed by atoms with Crippen molar-refractivity contribution in [1.82, 2.24) is 0 Å². The Hall–Kier alpha value is 0.140. The van der Waals surface area contributed by atoms with Gasteiger partial charge in [-0.3, -0.25) is 0 Å². The Kier molecular flexibility index (Phi) is 3.51. The fourth-order valence-corrected chi connectivity index (χ4v) is 7.38. The molecule has 0 amide bonds. The van der Waals surface area contributed by atoms with E-state index in [0.29, 0.717) is 5.41 Å². The van der Waals surface area contributed by atoms with Gasteiger partial charge in [0.05, 0.1) is 6.10 Å². The predicted molar refractivity (Wildman–Crippen MR) is 87.0 cm³/mol. The van der Waals surface area contributed by atoms with Crippen molar-refractivity contribution in [2.24, 2.45) is 23.2 Å². The molecule has 1 heterocycles. The van der Waals surface area contributed by atoms with Crippen LogP contribution in [0.5, 0.6) is 0 Å². The molecule has 0 aromatic carbocycles. The normalized spacial score (nSPS) is 40.2. The van der Waals surface area contributed by atoms with Crippen LogP contribution in [0.2, 0.25) is 0 Å². The molecule has 1 aromatic rings. The zero-order valence-electron chi connectivity index (χ0n) is 11.9. The molecule has 0 spiro atoms. The molecule has 4 fully saturated rings. The third kappa shape index (κ3) is 2.50. The van der Waals surface area contributed by atoms with Gasteiger partial charge in [0.1, 0.15) is 0 Å². The maximum Gasteiger partial charge on any atom is 0.0594 e. The first-order valence-corrected chi connectivity index (χ1v) is 9.69. The molecule has 20 heavy (non-hydrogen) atoms. The van der Waals surface area contributed by atoms with Crippen LogP contribution >= 0.6 is 27.3 Å². The van der Waals surface area contributed by atoms with Crippen molar-refractivity contribution in [2.45, 2.75) is 57.5 Å². The van der Waals surface area contributed by atoms with E-state index in [4.69, 9.17) is 0 Å². The van der Waals surface area contributed by atoms with E-state index in [0.717, 1.165) is 30.6 Å². The molecule has 1 nitrogen and oxygen atoms in total. The highest BCUT2D eigenvalue weighted by Crippen LogP contribution is 2.61. The smallest absolute Gasteiger partial charge is 0.0594 e. The predicted octanol–water partition coefficient (Wildman–Crippen LogP) is 5.02. The van der Waals surface area contributed by atoms with Gasteiger partial charge in [-0.05, 0) is 95.5 Å². The number of rotatable bonds is 4. The average molecular weight is 355 g/mol. The van der Waals surface area contributed by atoms with Crippen LogP contribution in [-0.4, -0.2) is 11.2 Å². The Morgan fingerprint density at radius 1 is 1.20 bits per heavy atom. The summed E-state index contributed by atoms with van der Waals surface area (Å²) >= 11 is 5.35. The van der Waals surface area contributed by atoms with Gasteiger partial charge in [-0.1, -0.05) is 0 Å². The van der Waals surface area contributed by atoms with Crippen molar-refractivity contribution in [3.63, 3.8) is 0 Å². The Labute approximate surface area is 133 Å². The van der Waals surface area contributed by atoms with Crippen LogP contribution in [0.4, 0.5) is 0 Å². The minimum atomic E-state index is -0.152. The van der Waals surface area contributed by atoms with Crippen molar-refractivity contribution in [1.29, 1.82) is 0 Å². The van der Waals surface area contributed by atoms with E-state index >= 15 is 0 Å². The summed E-state index contributed by atoms with van der Waals surface area (Å²) in [6, 6.07) is 2.09. The van der Waals surface area contributed by atoms with Crippen LogP contribution in [0.3, 0.4) is 0 Å². The lowest BCUT2D eigenvalue weighted by Crippen LogP contribution is -2.47. The van der Waals surface area contributed by atoms with E-state index in [2.05, 4.69) is 27.4 Å². The van der Waals surface area contributed by atoms with Crippen molar-refractivity contribution in [3.8, 4) is 0 Å². The SMILES string of the molecule is OC(Cc1sccc1Br)CC12CC3CC(CC(C3)C1)C2. The van der Waals surface area contributed by atoms with Gasteiger partial charge >= 0.3 is 0 Å². The van der Waals surface area contributed by atoms with Crippen LogP contribution in [0, 0.1) is 23.2 Å². The fourth-order valence-electron chi connectivity index (χ4n) is 5.80. The highest BCUT2D eigenvalue weighted by molar-refractivity contribution is 9.10. The lowest BCUT2D eigenvalue weighted by Gasteiger charge is -2.57.